The summed E-state index contributed by atoms with van der Waals surface area (Å²) in [7, 11) is -7.82. The van der Waals surface area contributed by atoms with Crippen molar-refractivity contribution in [3.05, 3.63) is 103 Å². The summed E-state index contributed by atoms with van der Waals surface area (Å²) in [6.07, 6.45) is 1.42. The summed E-state index contributed by atoms with van der Waals surface area (Å²) in [5.41, 5.74) is 0.643. The van der Waals surface area contributed by atoms with Crippen LogP contribution in [0, 0.1) is 6.92 Å². The normalized spacial score (nSPS) is 12.0. The van der Waals surface area contributed by atoms with Gasteiger partial charge in [0.1, 0.15) is 0 Å². The molecule has 0 unspecified atom stereocenters. The van der Waals surface area contributed by atoms with Gasteiger partial charge < -0.3 is 0 Å². The summed E-state index contributed by atoms with van der Waals surface area (Å²) >= 11 is 0. The number of rotatable bonds is 5. The van der Waals surface area contributed by atoms with Crippen molar-refractivity contribution in [3.63, 3.8) is 0 Å². The SMILES string of the molecule is C=Cc1c(C)c(S(=O)(=O)c2ccccc2)c2ccccc2c1S(=O)(=O)c1ccccc1. The maximum atomic E-state index is 13.6. The van der Waals surface area contributed by atoms with E-state index < -0.39 is 19.7 Å². The molecule has 0 fully saturated rings. The Kier molecular flexibility index (Phi) is 5.29. The smallest absolute Gasteiger partial charge is 0.207 e. The second-order valence-electron chi connectivity index (χ2n) is 7.08. The van der Waals surface area contributed by atoms with E-state index in [-0.39, 0.29) is 25.1 Å². The van der Waals surface area contributed by atoms with Gasteiger partial charge in [0.15, 0.2) is 0 Å². The molecule has 0 aliphatic carbocycles. The van der Waals surface area contributed by atoms with Crippen LogP contribution in [0.2, 0.25) is 0 Å². The second kappa shape index (κ2) is 7.80. The van der Waals surface area contributed by atoms with Gasteiger partial charge >= 0.3 is 0 Å². The zero-order chi connectivity index (χ0) is 22.2. The predicted molar refractivity (Wildman–Crippen MR) is 123 cm³/mol. The monoisotopic (exact) mass is 448 g/mol. The quantitative estimate of drug-likeness (QED) is 0.407. The third kappa shape index (κ3) is 3.38. The molecule has 0 heterocycles. The van der Waals surface area contributed by atoms with E-state index in [0.717, 1.165) is 0 Å². The van der Waals surface area contributed by atoms with Crippen LogP contribution in [0.4, 0.5) is 0 Å². The molecule has 4 nitrogen and oxygen atoms in total. The van der Waals surface area contributed by atoms with Crippen LogP contribution in [0.3, 0.4) is 0 Å². The first-order valence-corrected chi connectivity index (χ1v) is 12.5. The van der Waals surface area contributed by atoms with Crippen LogP contribution in [-0.2, 0) is 19.7 Å². The van der Waals surface area contributed by atoms with Crippen molar-refractivity contribution in [2.45, 2.75) is 26.5 Å². The predicted octanol–water partition coefficient (Wildman–Crippen LogP) is 5.46. The molecule has 156 valence electrons. The van der Waals surface area contributed by atoms with Gasteiger partial charge in [-0.3, -0.25) is 0 Å². The Morgan fingerprint density at radius 3 is 1.45 bits per heavy atom. The molecule has 0 aliphatic heterocycles. The maximum Gasteiger partial charge on any atom is 0.207 e. The molecular weight excluding hydrogens is 428 g/mol. The van der Waals surface area contributed by atoms with Crippen LogP contribution in [-0.4, -0.2) is 16.8 Å². The molecule has 0 aliphatic rings. The molecule has 0 saturated carbocycles. The third-order valence-corrected chi connectivity index (χ3v) is 9.08. The van der Waals surface area contributed by atoms with E-state index in [0.29, 0.717) is 16.3 Å². The van der Waals surface area contributed by atoms with E-state index in [1.165, 1.54) is 30.3 Å². The van der Waals surface area contributed by atoms with Gasteiger partial charge in [-0.2, -0.15) is 0 Å². The molecule has 0 atom stereocenters. The van der Waals surface area contributed by atoms with E-state index in [9.17, 15) is 16.8 Å². The minimum atomic E-state index is -3.92. The van der Waals surface area contributed by atoms with Gasteiger partial charge in [0.25, 0.3) is 0 Å². The first-order valence-electron chi connectivity index (χ1n) is 9.58. The summed E-state index contributed by atoms with van der Waals surface area (Å²) < 4.78 is 54.4. The minimum absolute atomic E-state index is 0.0637. The first kappa shape index (κ1) is 21.0. The molecular formula is C25H20O4S2. The van der Waals surface area contributed by atoms with Gasteiger partial charge in [-0.15, -0.1) is 0 Å². The standard InChI is InChI=1S/C25H20O4S2/c1-3-21-18(2)24(30(26,27)19-12-6-4-7-13-19)22-16-10-11-17-23(22)25(21)31(28,29)20-14-8-5-9-15-20/h3-17H,1H2,2H3. The largest absolute Gasteiger partial charge is 0.218 e. The molecule has 0 N–H and O–H groups in total. The Morgan fingerprint density at radius 1 is 0.613 bits per heavy atom. The van der Waals surface area contributed by atoms with Crippen molar-refractivity contribution < 1.29 is 16.8 Å². The lowest BCUT2D eigenvalue weighted by atomic mass is 10.0. The highest BCUT2D eigenvalue weighted by Crippen LogP contribution is 2.40. The molecule has 4 rings (SSSR count). The molecule has 0 amide bonds. The Labute approximate surface area is 182 Å². The summed E-state index contributed by atoms with van der Waals surface area (Å²) in [4.78, 5) is 0.447. The average Bonchev–Trinajstić information content (AvgIpc) is 2.79. The number of benzene rings is 4. The Morgan fingerprint density at radius 2 is 1.00 bits per heavy atom. The average molecular weight is 449 g/mol. The van der Waals surface area contributed by atoms with Gasteiger partial charge in [0, 0.05) is 10.8 Å². The highest BCUT2D eigenvalue weighted by molar-refractivity contribution is 7.92. The fourth-order valence-corrected chi connectivity index (χ4v) is 7.31. The molecule has 0 radical (unpaired) electrons. The fourth-order valence-electron chi connectivity index (χ4n) is 3.84. The van der Waals surface area contributed by atoms with Crippen molar-refractivity contribution >= 4 is 36.5 Å². The number of hydrogen-bond donors (Lipinski definition) is 0. The first-order chi connectivity index (χ1) is 14.8. The summed E-state index contributed by atoms with van der Waals surface area (Å²) in [5, 5.41) is 0.713. The van der Waals surface area contributed by atoms with E-state index in [1.807, 2.05) is 0 Å². The van der Waals surface area contributed by atoms with Gasteiger partial charge in [0.05, 0.1) is 19.6 Å². The van der Waals surface area contributed by atoms with Crippen molar-refractivity contribution in [1.82, 2.24) is 0 Å². The molecule has 0 spiro atoms. The van der Waals surface area contributed by atoms with E-state index in [1.54, 1.807) is 67.6 Å². The van der Waals surface area contributed by atoms with E-state index in [2.05, 4.69) is 6.58 Å². The van der Waals surface area contributed by atoms with Gasteiger partial charge in [0.2, 0.25) is 19.7 Å². The zero-order valence-electron chi connectivity index (χ0n) is 16.8. The zero-order valence-corrected chi connectivity index (χ0v) is 18.4. The molecule has 4 aromatic rings. The minimum Gasteiger partial charge on any atom is -0.218 e. The highest BCUT2D eigenvalue weighted by atomic mass is 32.2. The van der Waals surface area contributed by atoms with Crippen LogP contribution in [0.5, 0.6) is 0 Å². The van der Waals surface area contributed by atoms with Crippen molar-refractivity contribution in [3.8, 4) is 0 Å². The summed E-state index contributed by atoms with van der Waals surface area (Å²) in [6, 6.07) is 22.9. The lowest BCUT2D eigenvalue weighted by molar-refractivity contribution is 0.593. The van der Waals surface area contributed by atoms with Gasteiger partial charge in [-0.05, 0) is 42.3 Å². The topological polar surface area (TPSA) is 68.3 Å². The van der Waals surface area contributed by atoms with E-state index >= 15 is 0 Å². The Hall–Kier alpha value is -3.22. The molecule has 4 aromatic carbocycles. The molecule has 0 aromatic heterocycles. The van der Waals surface area contributed by atoms with Crippen molar-refractivity contribution in [1.29, 1.82) is 0 Å². The van der Waals surface area contributed by atoms with Crippen LogP contribution in [0.1, 0.15) is 11.1 Å². The maximum absolute atomic E-state index is 13.6. The van der Waals surface area contributed by atoms with Crippen LogP contribution >= 0.6 is 0 Å². The highest BCUT2D eigenvalue weighted by Gasteiger charge is 2.31. The summed E-state index contributed by atoms with van der Waals surface area (Å²) in [5.74, 6) is 0. The Balaban J connectivity index is 2.17. The number of sulfone groups is 2. The number of fused-ring (bicyclic) bond motifs is 1. The van der Waals surface area contributed by atoms with Crippen LogP contribution < -0.4 is 0 Å². The lowest BCUT2D eigenvalue weighted by Gasteiger charge is -2.19. The Bertz CT molecular complexity index is 1500. The van der Waals surface area contributed by atoms with Crippen molar-refractivity contribution in [2.24, 2.45) is 0 Å². The summed E-state index contributed by atoms with van der Waals surface area (Å²) in [6.45, 7) is 5.43. The molecule has 0 bridgehead atoms. The lowest BCUT2D eigenvalue weighted by Crippen LogP contribution is -2.11. The van der Waals surface area contributed by atoms with Crippen LogP contribution in [0.15, 0.2) is 111 Å². The number of hydrogen-bond acceptors (Lipinski definition) is 4. The van der Waals surface area contributed by atoms with Crippen molar-refractivity contribution in [2.75, 3.05) is 0 Å². The molecule has 31 heavy (non-hydrogen) atoms. The second-order valence-corrected chi connectivity index (χ2v) is 10.9. The van der Waals surface area contributed by atoms with Crippen LogP contribution in [0.25, 0.3) is 16.8 Å². The molecule has 0 saturated heterocycles. The van der Waals surface area contributed by atoms with Gasteiger partial charge in [-0.25, -0.2) is 16.8 Å². The molecule has 6 heteroatoms. The third-order valence-electron chi connectivity index (χ3n) is 5.25. The van der Waals surface area contributed by atoms with E-state index in [4.69, 9.17) is 0 Å². The fraction of sp³-hybridized carbons (Fsp3) is 0.0400. The van der Waals surface area contributed by atoms with Gasteiger partial charge in [-0.1, -0.05) is 73.3 Å².